The maximum absolute atomic E-state index is 15.0. The maximum Gasteiger partial charge on any atom is 0.415 e. The number of fused-ring (bicyclic) bond motifs is 1. The third-order valence-electron chi connectivity index (χ3n) is 5.05. The number of benzene rings is 1. The summed E-state index contributed by atoms with van der Waals surface area (Å²) < 4.78 is 21.4. The number of carbonyl (C=O) groups is 1. The van der Waals surface area contributed by atoms with Crippen LogP contribution >= 0.6 is 0 Å². The highest BCUT2D eigenvalue weighted by atomic mass is 19.1. The van der Waals surface area contributed by atoms with E-state index in [0.717, 1.165) is 24.4 Å². The lowest BCUT2D eigenvalue weighted by atomic mass is 10.1. The van der Waals surface area contributed by atoms with Gasteiger partial charge in [0.1, 0.15) is 5.65 Å². The zero-order chi connectivity index (χ0) is 21.1. The fourth-order valence-electron chi connectivity index (χ4n) is 3.55. The van der Waals surface area contributed by atoms with E-state index in [9.17, 15) is 4.79 Å². The summed E-state index contributed by atoms with van der Waals surface area (Å²) in [6.45, 7) is 2.78. The number of aromatic nitrogens is 2. The number of amidine groups is 1. The van der Waals surface area contributed by atoms with Crippen LogP contribution in [0.5, 0.6) is 0 Å². The molecule has 3 aromatic rings. The lowest BCUT2D eigenvalue weighted by molar-refractivity contribution is 0.195. The number of amides is 1. The third kappa shape index (κ3) is 4.12. The number of rotatable bonds is 4. The van der Waals surface area contributed by atoms with E-state index in [1.165, 1.54) is 0 Å². The Balaban J connectivity index is 1.40. The molecule has 2 aromatic heterocycles. The van der Waals surface area contributed by atoms with Gasteiger partial charge in [0, 0.05) is 68.6 Å². The zero-order valence-electron chi connectivity index (χ0n) is 16.2. The lowest BCUT2D eigenvalue weighted by Gasteiger charge is -2.37. The number of halogens is 1. The van der Waals surface area contributed by atoms with Gasteiger partial charge in [0.05, 0.1) is 5.69 Å². The summed E-state index contributed by atoms with van der Waals surface area (Å²) in [6.07, 6.45) is 4.76. The van der Waals surface area contributed by atoms with E-state index in [1.54, 1.807) is 24.4 Å². The average molecular weight is 411 g/mol. The monoisotopic (exact) mass is 411 g/mol. The normalized spacial score (nSPS) is 14.0. The molecule has 1 aromatic carbocycles. The largest absolute Gasteiger partial charge is 0.415 e. The predicted octanol–water partition coefficient (Wildman–Crippen LogP) is 1.92. The van der Waals surface area contributed by atoms with Crippen molar-refractivity contribution in [2.75, 3.05) is 36.0 Å². The van der Waals surface area contributed by atoms with Gasteiger partial charge in [0.25, 0.3) is 6.02 Å². The molecule has 1 fully saturated rings. The highest BCUT2D eigenvalue weighted by Crippen LogP contribution is 2.25. The van der Waals surface area contributed by atoms with Gasteiger partial charge < -0.3 is 30.0 Å². The molecule has 0 unspecified atom stereocenters. The number of anilines is 2. The molecule has 0 radical (unpaired) electrons. The first-order chi connectivity index (χ1) is 14.5. The number of nitrogens with zero attached hydrogens (tertiary/aromatic N) is 4. The van der Waals surface area contributed by atoms with Crippen molar-refractivity contribution in [3.63, 3.8) is 0 Å². The fraction of sp³-hybridized carbons (Fsp3) is 0.250. The first-order valence-electron chi connectivity index (χ1n) is 9.51. The van der Waals surface area contributed by atoms with Crippen molar-refractivity contribution in [1.29, 1.82) is 5.41 Å². The molecule has 1 aliphatic heterocycles. The molecule has 0 atom stereocenters. The Kier molecular flexibility index (Phi) is 5.38. The molecular formula is C20H22FN7O2. The van der Waals surface area contributed by atoms with Crippen LogP contribution in [0.2, 0.25) is 0 Å². The molecular weight excluding hydrogens is 389 g/mol. The molecule has 1 saturated heterocycles. The van der Waals surface area contributed by atoms with E-state index in [0.29, 0.717) is 24.3 Å². The van der Waals surface area contributed by atoms with Gasteiger partial charge in [-0.1, -0.05) is 12.1 Å². The Morgan fingerprint density at radius 1 is 1.20 bits per heavy atom. The number of hydrogen-bond acceptors (Lipinski definition) is 6. The van der Waals surface area contributed by atoms with Gasteiger partial charge >= 0.3 is 6.09 Å². The predicted molar refractivity (Wildman–Crippen MR) is 111 cm³/mol. The minimum absolute atomic E-state index is 0.0594. The van der Waals surface area contributed by atoms with Crippen molar-refractivity contribution in [3.8, 4) is 0 Å². The maximum atomic E-state index is 15.0. The van der Waals surface area contributed by atoms with Crippen LogP contribution in [0.25, 0.3) is 5.65 Å². The molecule has 9 nitrogen and oxygen atoms in total. The van der Waals surface area contributed by atoms with Crippen molar-refractivity contribution < 1.29 is 13.9 Å². The van der Waals surface area contributed by atoms with Gasteiger partial charge in [-0.3, -0.25) is 5.41 Å². The van der Waals surface area contributed by atoms with Gasteiger partial charge in [-0.05, 0) is 12.1 Å². The smallest absolute Gasteiger partial charge is 0.377 e. The topological polar surface area (TPSA) is 112 Å². The Morgan fingerprint density at radius 2 is 1.97 bits per heavy atom. The van der Waals surface area contributed by atoms with E-state index < -0.39 is 12.1 Å². The summed E-state index contributed by atoms with van der Waals surface area (Å²) in [5, 5.41) is 9.32. The zero-order valence-corrected chi connectivity index (χ0v) is 16.2. The van der Waals surface area contributed by atoms with E-state index >= 15 is 4.39 Å². The number of hydrogen-bond donors (Lipinski definition) is 3. The molecule has 156 valence electrons. The number of carbonyl (C=O) groups excluding carboxylic acids is 1. The Morgan fingerprint density at radius 3 is 2.73 bits per heavy atom. The SMILES string of the molecule is N=C(N)OC(=O)NCc1cccc(N2CCN(c3ccn4ccnc4c3)CC2)c1F. The van der Waals surface area contributed by atoms with E-state index in [-0.39, 0.29) is 12.4 Å². The molecule has 0 saturated carbocycles. The van der Waals surface area contributed by atoms with Crippen molar-refractivity contribution in [2.24, 2.45) is 5.73 Å². The third-order valence-corrected chi connectivity index (χ3v) is 5.05. The molecule has 3 heterocycles. The first-order valence-corrected chi connectivity index (χ1v) is 9.51. The fourth-order valence-corrected chi connectivity index (χ4v) is 3.55. The minimum atomic E-state index is -0.893. The Bertz CT molecular complexity index is 1080. The van der Waals surface area contributed by atoms with Crippen molar-refractivity contribution >= 4 is 29.1 Å². The van der Waals surface area contributed by atoms with Crippen molar-refractivity contribution in [1.82, 2.24) is 14.7 Å². The van der Waals surface area contributed by atoms with Crippen LogP contribution in [0.3, 0.4) is 0 Å². The van der Waals surface area contributed by atoms with Crippen LogP contribution in [-0.4, -0.2) is 47.7 Å². The summed E-state index contributed by atoms with van der Waals surface area (Å²) in [6, 6.07) is 8.47. The van der Waals surface area contributed by atoms with Gasteiger partial charge in [0.2, 0.25) is 0 Å². The highest BCUT2D eigenvalue weighted by molar-refractivity contribution is 5.83. The second-order valence-electron chi connectivity index (χ2n) is 6.91. The molecule has 10 heteroatoms. The van der Waals surface area contributed by atoms with Gasteiger partial charge in [0.15, 0.2) is 5.82 Å². The minimum Gasteiger partial charge on any atom is -0.377 e. The van der Waals surface area contributed by atoms with Gasteiger partial charge in [-0.2, -0.15) is 0 Å². The molecule has 0 aliphatic carbocycles. The number of imidazole rings is 1. The van der Waals surface area contributed by atoms with E-state index in [1.807, 2.05) is 27.8 Å². The van der Waals surface area contributed by atoms with Crippen LogP contribution < -0.4 is 20.9 Å². The van der Waals surface area contributed by atoms with Crippen LogP contribution in [0, 0.1) is 11.2 Å². The van der Waals surface area contributed by atoms with Crippen LogP contribution in [0.4, 0.5) is 20.6 Å². The number of ether oxygens (including phenoxy) is 1. The summed E-state index contributed by atoms with van der Waals surface area (Å²) in [5.41, 5.74) is 7.82. The van der Waals surface area contributed by atoms with Crippen LogP contribution in [-0.2, 0) is 11.3 Å². The van der Waals surface area contributed by atoms with Crippen LogP contribution in [0.15, 0.2) is 48.9 Å². The Labute approximate surface area is 172 Å². The number of nitrogens with one attached hydrogen (secondary N) is 2. The quantitative estimate of drug-likeness (QED) is 0.447. The number of pyridine rings is 1. The van der Waals surface area contributed by atoms with Gasteiger partial charge in [-0.25, -0.2) is 14.2 Å². The summed E-state index contributed by atoms with van der Waals surface area (Å²) >= 11 is 0. The second kappa shape index (κ2) is 8.27. The number of nitrogens with two attached hydrogens (primary N) is 1. The van der Waals surface area contributed by atoms with E-state index in [4.69, 9.17) is 11.1 Å². The summed E-state index contributed by atoms with van der Waals surface area (Å²) in [4.78, 5) is 20.0. The Hall–Kier alpha value is -3.82. The van der Waals surface area contributed by atoms with Crippen molar-refractivity contribution in [2.45, 2.75) is 6.54 Å². The van der Waals surface area contributed by atoms with Gasteiger partial charge in [-0.15, -0.1) is 0 Å². The molecule has 30 heavy (non-hydrogen) atoms. The molecule has 4 rings (SSSR count). The van der Waals surface area contributed by atoms with Crippen LogP contribution in [0.1, 0.15) is 5.56 Å². The number of piperazine rings is 1. The van der Waals surface area contributed by atoms with Crippen molar-refractivity contribution in [3.05, 3.63) is 60.3 Å². The first kappa shape index (κ1) is 19.5. The average Bonchev–Trinajstić information content (AvgIpc) is 3.20. The standard InChI is InChI=1S/C20H22FN7O2/c21-18-14(13-25-20(29)30-19(22)23)2-1-3-16(18)27-10-8-26(9-11-27)15-4-6-28-7-5-24-17(28)12-15/h1-7,12H,8-11,13H2,(H3,22,23)(H,25,29). The number of alkyl carbamates (subject to hydrolysis) is 1. The van der Waals surface area contributed by atoms with E-state index in [2.05, 4.69) is 26.0 Å². The second-order valence-corrected chi connectivity index (χ2v) is 6.91. The molecule has 0 spiro atoms. The molecule has 1 amide bonds. The molecule has 0 bridgehead atoms. The molecule has 4 N–H and O–H groups in total. The molecule has 1 aliphatic rings. The summed E-state index contributed by atoms with van der Waals surface area (Å²) in [5.74, 6) is -0.382. The highest BCUT2D eigenvalue weighted by Gasteiger charge is 2.21. The lowest BCUT2D eigenvalue weighted by Crippen LogP contribution is -2.47. The summed E-state index contributed by atoms with van der Waals surface area (Å²) in [7, 11) is 0.